The van der Waals surface area contributed by atoms with E-state index in [1.54, 1.807) is 0 Å². The Bertz CT molecular complexity index is 199. The Balaban J connectivity index is 4.62. The smallest absolute Gasteiger partial charge is 0.0726 e. The van der Waals surface area contributed by atoms with Gasteiger partial charge in [-0.1, -0.05) is 53.4 Å². The van der Waals surface area contributed by atoms with Crippen molar-refractivity contribution in [3.05, 3.63) is 0 Å². The van der Waals surface area contributed by atoms with Crippen LogP contribution in [-0.2, 0) is 0 Å². The van der Waals surface area contributed by atoms with E-state index in [4.69, 9.17) is 0 Å². The van der Waals surface area contributed by atoms with Gasteiger partial charge in [-0.25, -0.2) is 0 Å². The summed E-state index contributed by atoms with van der Waals surface area (Å²) in [6.07, 6.45) is 7.78. The molecule has 0 saturated heterocycles. The Hall–Kier alpha value is -0.0800. The first-order chi connectivity index (χ1) is 8.48. The molecular weight excluding hydrogens is 222 g/mol. The van der Waals surface area contributed by atoms with E-state index in [1.807, 2.05) is 0 Å². The van der Waals surface area contributed by atoms with E-state index < -0.39 is 0 Å². The molecule has 0 amide bonds. The summed E-state index contributed by atoms with van der Waals surface area (Å²) in [6, 6.07) is 0. The Kier molecular flexibility index (Phi) is 8.89. The molecule has 0 saturated carbocycles. The minimum absolute atomic E-state index is 0.0420. The van der Waals surface area contributed by atoms with Crippen LogP contribution in [0, 0.1) is 5.92 Å². The zero-order chi connectivity index (χ0) is 14.2. The summed E-state index contributed by atoms with van der Waals surface area (Å²) >= 11 is 0. The van der Waals surface area contributed by atoms with E-state index in [0.717, 1.165) is 19.3 Å². The Morgan fingerprint density at radius 1 is 1.06 bits per heavy atom. The number of unbranched alkanes of at least 4 members (excludes halogenated alkanes) is 1. The summed E-state index contributed by atoms with van der Waals surface area (Å²) in [5.74, 6) is 0.678. The molecule has 0 rings (SSSR count). The van der Waals surface area contributed by atoms with Gasteiger partial charge in [0, 0.05) is 5.54 Å². The second-order valence-corrected chi connectivity index (χ2v) is 5.87. The van der Waals surface area contributed by atoms with Gasteiger partial charge in [0.25, 0.3) is 0 Å². The van der Waals surface area contributed by atoms with Crippen LogP contribution in [0.5, 0.6) is 0 Å². The third-order valence-electron chi connectivity index (χ3n) is 4.84. The van der Waals surface area contributed by atoms with Crippen molar-refractivity contribution in [2.24, 2.45) is 5.92 Å². The van der Waals surface area contributed by atoms with Gasteiger partial charge in [0.05, 0.1) is 6.10 Å². The van der Waals surface area contributed by atoms with Crippen molar-refractivity contribution in [1.29, 1.82) is 0 Å². The molecule has 2 unspecified atom stereocenters. The second-order valence-electron chi connectivity index (χ2n) is 5.87. The molecule has 0 bridgehead atoms. The standard InChI is InChI=1S/C16H35NO/c1-7-11-12-14(8-2)13-15(18)16(9-3,10-4)17(5)6/h14-15,18H,7-13H2,1-6H3. The topological polar surface area (TPSA) is 23.5 Å². The average molecular weight is 257 g/mol. The number of rotatable bonds is 10. The quantitative estimate of drug-likeness (QED) is 0.637. The van der Waals surface area contributed by atoms with E-state index >= 15 is 0 Å². The van der Waals surface area contributed by atoms with Gasteiger partial charge in [-0.05, 0) is 39.3 Å². The summed E-state index contributed by atoms with van der Waals surface area (Å²) in [6.45, 7) is 8.88. The van der Waals surface area contributed by atoms with E-state index in [-0.39, 0.29) is 11.6 Å². The molecule has 18 heavy (non-hydrogen) atoms. The number of aliphatic hydroxyl groups excluding tert-OH is 1. The highest BCUT2D eigenvalue weighted by Gasteiger charge is 2.37. The third kappa shape index (κ3) is 4.55. The van der Waals surface area contributed by atoms with E-state index in [0.29, 0.717) is 5.92 Å². The molecule has 0 aliphatic heterocycles. The highest BCUT2D eigenvalue weighted by atomic mass is 16.3. The fourth-order valence-corrected chi connectivity index (χ4v) is 3.17. The number of nitrogens with zero attached hydrogens (tertiary/aromatic N) is 1. The van der Waals surface area contributed by atoms with Crippen molar-refractivity contribution in [2.75, 3.05) is 14.1 Å². The van der Waals surface area contributed by atoms with Crippen LogP contribution in [0.3, 0.4) is 0 Å². The molecule has 0 aliphatic carbocycles. The van der Waals surface area contributed by atoms with Crippen LogP contribution in [0.1, 0.15) is 72.6 Å². The van der Waals surface area contributed by atoms with Crippen molar-refractivity contribution < 1.29 is 5.11 Å². The Labute approximate surface area is 115 Å². The van der Waals surface area contributed by atoms with Crippen LogP contribution in [0.25, 0.3) is 0 Å². The average Bonchev–Trinajstić information content (AvgIpc) is 2.36. The first kappa shape index (κ1) is 17.9. The van der Waals surface area contributed by atoms with Crippen LogP contribution in [-0.4, -0.2) is 35.7 Å². The highest BCUT2D eigenvalue weighted by Crippen LogP contribution is 2.31. The van der Waals surface area contributed by atoms with Gasteiger partial charge in [0.15, 0.2) is 0 Å². The lowest BCUT2D eigenvalue weighted by molar-refractivity contribution is -0.0271. The number of aliphatic hydroxyl groups is 1. The molecule has 2 nitrogen and oxygen atoms in total. The fourth-order valence-electron chi connectivity index (χ4n) is 3.17. The molecule has 0 fully saturated rings. The zero-order valence-corrected chi connectivity index (χ0v) is 13.5. The molecule has 0 spiro atoms. The van der Waals surface area contributed by atoms with Crippen LogP contribution in [0.4, 0.5) is 0 Å². The first-order valence-corrected chi connectivity index (χ1v) is 7.83. The van der Waals surface area contributed by atoms with Gasteiger partial charge in [-0.15, -0.1) is 0 Å². The van der Waals surface area contributed by atoms with Gasteiger partial charge in [0.2, 0.25) is 0 Å². The van der Waals surface area contributed by atoms with Gasteiger partial charge in [-0.2, -0.15) is 0 Å². The lowest BCUT2D eigenvalue weighted by Crippen LogP contribution is -2.53. The van der Waals surface area contributed by atoms with Crippen LogP contribution in [0.2, 0.25) is 0 Å². The lowest BCUT2D eigenvalue weighted by Gasteiger charge is -2.43. The largest absolute Gasteiger partial charge is 0.391 e. The molecule has 0 heterocycles. The second kappa shape index (κ2) is 8.92. The molecule has 2 atom stereocenters. The van der Waals surface area contributed by atoms with Gasteiger partial charge < -0.3 is 10.0 Å². The minimum Gasteiger partial charge on any atom is -0.391 e. The van der Waals surface area contributed by atoms with Crippen molar-refractivity contribution >= 4 is 0 Å². The van der Waals surface area contributed by atoms with Crippen LogP contribution < -0.4 is 0 Å². The molecule has 0 aromatic rings. The minimum atomic E-state index is -0.204. The fraction of sp³-hybridized carbons (Fsp3) is 1.00. The predicted octanol–water partition coefficient (Wildman–Crippen LogP) is 4.07. The molecule has 1 N–H and O–H groups in total. The summed E-state index contributed by atoms with van der Waals surface area (Å²) < 4.78 is 0. The number of hydrogen-bond donors (Lipinski definition) is 1. The highest BCUT2D eigenvalue weighted by molar-refractivity contribution is 4.93. The molecule has 2 heteroatoms. The Morgan fingerprint density at radius 2 is 1.61 bits per heavy atom. The van der Waals surface area contributed by atoms with Gasteiger partial charge in [-0.3, -0.25) is 0 Å². The van der Waals surface area contributed by atoms with E-state index in [9.17, 15) is 5.11 Å². The van der Waals surface area contributed by atoms with Gasteiger partial charge in [0.1, 0.15) is 0 Å². The SMILES string of the molecule is CCCCC(CC)CC(O)C(CC)(CC)N(C)C. The summed E-state index contributed by atoms with van der Waals surface area (Å²) in [4.78, 5) is 2.23. The molecule has 0 aromatic carbocycles. The van der Waals surface area contributed by atoms with E-state index in [1.165, 1.54) is 25.7 Å². The summed E-state index contributed by atoms with van der Waals surface area (Å²) in [5.41, 5.74) is -0.0420. The van der Waals surface area contributed by atoms with Crippen LogP contribution >= 0.6 is 0 Å². The summed E-state index contributed by atoms with van der Waals surface area (Å²) in [5, 5.41) is 10.7. The van der Waals surface area contributed by atoms with Crippen molar-refractivity contribution in [1.82, 2.24) is 4.90 Å². The third-order valence-corrected chi connectivity index (χ3v) is 4.84. The Morgan fingerprint density at radius 3 is 1.94 bits per heavy atom. The number of hydrogen-bond acceptors (Lipinski definition) is 2. The lowest BCUT2D eigenvalue weighted by atomic mass is 9.79. The maximum atomic E-state index is 10.7. The van der Waals surface area contributed by atoms with Crippen molar-refractivity contribution in [2.45, 2.75) is 84.3 Å². The monoisotopic (exact) mass is 257 g/mol. The first-order valence-electron chi connectivity index (χ1n) is 7.83. The maximum Gasteiger partial charge on any atom is 0.0726 e. The molecule has 110 valence electrons. The molecule has 0 aliphatic rings. The molecule has 0 aromatic heterocycles. The van der Waals surface area contributed by atoms with Gasteiger partial charge >= 0.3 is 0 Å². The molecule has 0 radical (unpaired) electrons. The normalized spacial score (nSPS) is 16.0. The van der Waals surface area contributed by atoms with Crippen molar-refractivity contribution in [3.8, 4) is 0 Å². The maximum absolute atomic E-state index is 10.7. The zero-order valence-electron chi connectivity index (χ0n) is 13.5. The molecular formula is C16H35NO. The predicted molar refractivity (Wildman–Crippen MR) is 80.9 cm³/mol. The number of likely N-dealkylation sites (N-methyl/N-ethyl adjacent to an activating group) is 1. The van der Waals surface area contributed by atoms with Crippen molar-refractivity contribution in [3.63, 3.8) is 0 Å². The van der Waals surface area contributed by atoms with E-state index in [2.05, 4.69) is 46.7 Å². The summed E-state index contributed by atoms with van der Waals surface area (Å²) in [7, 11) is 4.20. The van der Waals surface area contributed by atoms with Crippen LogP contribution in [0.15, 0.2) is 0 Å².